The molecule has 1 heterocycles. The topological polar surface area (TPSA) is 113 Å². The molecule has 0 aromatic rings. The highest BCUT2D eigenvalue weighted by Gasteiger charge is 2.24. The Morgan fingerprint density at radius 1 is 1.50 bits per heavy atom. The van der Waals surface area contributed by atoms with Gasteiger partial charge in [0.05, 0.1) is 11.8 Å². The fraction of sp³-hybridized carbons (Fsp3) is 0.500. The number of urea groups is 1. The first kappa shape index (κ1) is 12.5. The van der Waals surface area contributed by atoms with Gasteiger partial charge in [-0.1, -0.05) is 0 Å². The first-order valence-electron chi connectivity index (χ1n) is 4.51. The molecule has 0 aromatic heterocycles. The number of hydrogen-bond donors (Lipinski definition) is 3. The van der Waals surface area contributed by atoms with E-state index in [9.17, 15) is 18.0 Å². The van der Waals surface area contributed by atoms with E-state index in [0.717, 1.165) is 5.41 Å². The number of amides is 2. The predicted molar refractivity (Wildman–Crippen MR) is 55.5 cm³/mol. The van der Waals surface area contributed by atoms with Gasteiger partial charge in [-0.25, -0.2) is 13.2 Å². The van der Waals surface area contributed by atoms with Crippen molar-refractivity contribution in [3.63, 3.8) is 0 Å². The summed E-state index contributed by atoms with van der Waals surface area (Å²) in [5.74, 6) is -1.35. The molecule has 1 aliphatic rings. The molecule has 0 saturated heterocycles. The summed E-state index contributed by atoms with van der Waals surface area (Å²) < 4.78 is 22.0. The molecule has 0 spiro atoms. The number of carboxylic acids is 1. The minimum Gasteiger partial charge on any atom is -0.480 e. The third-order valence-corrected chi connectivity index (χ3v) is 3.36. The minimum absolute atomic E-state index is 0.193. The summed E-state index contributed by atoms with van der Waals surface area (Å²) in [6, 6.07) is -2.34. The first-order chi connectivity index (χ1) is 7.30. The average molecular weight is 248 g/mol. The molecular weight excluding hydrogens is 236 g/mol. The maximum absolute atomic E-state index is 11.2. The number of aliphatic carboxylic acids is 1. The van der Waals surface area contributed by atoms with Gasteiger partial charge in [-0.2, -0.15) is 0 Å². The Morgan fingerprint density at radius 2 is 2.12 bits per heavy atom. The molecule has 1 rings (SSSR count). The van der Waals surface area contributed by atoms with Gasteiger partial charge in [-0.15, -0.1) is 0 Å². The molecule has 0 aromatic carbocycles. The van der Waals surface area contributed by atoms with Crippen LogP contribution in [-0.4, -0.2) is 43.4 Å². The second kappa shape index (κ2) is 4.52. The van der Waals surface area contributed by atoms with Crippen LogP contribution in [0.4, 0.5) is 4.79 Å². The predicted octanol–water partition coefficient (Wildman–Crippen LogP) is -0.931. The van der Waals surface area contributed by atoms with E-state index in [0.29, 0.717) is 0 Å². The third kappa shape index (κ3) is 3.54. The molecule has 3 N–H and O–H groups in total. The first-order valence-corrected chi connectivity index (χ1v) is 6.22. The molecule has 0 fully saturated rings. The summed E-state index contributed by atoms with van der Waals surface area (Å²) in [6.07, 6.45) is 1.35. The molecule has 1 unspecified atom stereocenters. The van der Waals surface area contributed by atoms with Crippen molar-refractivity contribution in [2.24, 2.45) is 0 Å². The number of carbonyl (C=O) groups is 2. The van der Waals surface area contributed by atoms with Gasteiger partial charge in [0.25, 0.3) is 0 Å². The molecule has 16 heavy (non-hydrogen) atoms. The van der Waals surface area contributed by atoms with Gasteiger partial charge in [-0.3, -0.25) is 4.79 Å². The highest BCUT2D eigenvalue weighted by Crippen LogP contribution is 2.07. The van der Waals surface area contributed by atoms with Crippen molar-refractivity contribution in [2.45, 2.75) is 19.0 Å². The van der Waals surface area contributed by atoms with E-state index >= 15 is 0 Å². The second-order valence-corrected chi connectivity index (χ2v) is 5.37. The monoisotopic (exact) mass is 248 g/mol. The molecular formula is C8H12N2O5S. The van der Waals surface area contributed by atoms with Crippen LogP contribution in [0.25, 0.3) is 0 Å². The molecule has 0 radical (unpaired) electrons. The Balaban J connectivity index is 2.43. The Bertz CT molecular complexity index is 428. The van der Waals surface area contributed by atoms with Crippen LogP contribution in [0.3, 0.4) is 0 Å². The fourth-order valence-corrected chi connectivity index (χ4v) is 2.37. The number of hydrogen-bond acceptors (Lipinski definition) is 4. The lowest BCUT2D eigenvalue weighted by Crippen LogP contribution is -2.48. The lowest BCUT2D eigenvalue weighted by atomic mass is 10.3. The summed E-state index contributed by atoms with van der Waals surface area (Å²) in [5.41, 5.74) is 0. The SMILES string of the molecule is C[C@H](NC(=O)NC1C=CS(=O)(=O)C1)C(=O)O. The highest BCUT2D eigenvalue weighted by atomic mass is 32.2. The van der Waals surface area contributed by atoms with Crippen LogP contribution in [0, 0.1) is 0 Å². The quantitative estimate of drug-likeness (QED) is 0.597. The van der Waals surface area contributed by atoms with Crippen LogP contribution in [0.2, 0.25) is 0 Å². The van der Waals surface area contributed by atoms with E-state index in [4.69, 9.17) is 5.11 Å². The van der Waals surface area contributed by atoms with E-state index in [2.05, 4.69) is 10.6 Å². The van der Waals surface area contributed by atoms with Crippen molar-refractivity contribution in [3.05, 3.63) is 11.5 Å². The van der Waals surface area contributed by atoms with Crippen LogP contribution >= 0.6 is 0 Å². The number of carboxylic acid groups (broad SMARTS) is 1. The summed E-state index contributed by atoms with van der Waals surface area (Å²) >= 11 is 0. The largest absolute Gasteiger partial charge is 0.480 e. The van der Waals surface area contributed by atoms with Crippen molar-refractivity contribution >= 4 is 21.8 Å². The van der Waals surface area contributed by atoms with Crippen molar-refractivity contribution in [2.75, 3.05) is 5.75 Å². The smallest absolute Gasteiger partial charge is 0.325 e. The summed E-state index contributed by atoms with van der Waals surface area (Å²) in [4.78, 5) is 21.6. The Morgan fingerprint density at radius 3 is 2.56 bits per heavy atom. The van der Waals surface area contributed by atoms with E-state index in [1.165, 1.54) is 13.0 Å². The number of rotatable bonds is 3. The maximum atomic E-state index is 11.2. The number of carbonyl (C=O) groups excluding carboxylic acids is 1. The van der Waals surface area contributed by atoms with Gasteiger partial charge in [0.2, 0.25) is 0 Å². The fourth-order valence-electron chi connectivity index (χ4n) is 1.13. The lowest BCUT2D eigenvalue weighted by Gasteiger charge is -2.13. The Labute approximate surface area is 92.4 Å². The van der Waals surface area contributed by atoms with E-state index in [-0.39, 0.29) is 5.75 Å². The zero-order valence-corrected chi connectivity index (χ0v) is 9.32. The van der Waals surface area contributed by atoms with Gasteiger partial charge in [0.1, 0.15) is 6.04 Å². The van der Waals surface area contributed by atoms with E-state index in [1.54, 1.807) is 0 Å². The molecule has 0 saturated carbocycles. The van der Waals surface area contributed by atoms with Crippen LogP contribution < -0.4 is 10.6 Å². The Kier molecular flexibility index (Phi) is 3.53. The molecule has 8 heteroatoms. The van der Waals surface area contributed by atoms with Gasteiger partial charge in [-0.05, 0) is 13.0 Å². The molecule has 1 aliphatic heterocycles. The van der Waals surface area contributed by atoms with Crippen molar-refractivity contribution in [1.29, 1.82) is 0 Å². The van der Waals surface area contributed by atoms with Crippen LogP contribution in [-0.2, 0) is 14.6 Å². The molecule has 0 aliphatic carbocycles. The number of nitrogens with one attached hydrogen (secondary N) is 2. The van der Waals surface area contributed by atoms with E-state index < -0.39 is 33.9 Å². The van der Waals surface area contributed by atoms with Crippen molar-refractivity contribution in [1.82, 2.24) is 10.6 Å². The van der Waals surface area contributed by atoms with Gasteiger partial charge in [0.15, 0.2) is 9.84 Å². The lowest BCUT2D eigenvalue weighted by molar-refractivity contribution is -0.138. The Hall–Kier alpha value is -1.57. The number of sulfone groups is 1. The van der Waals surface area contributed by atoms with Crippen LogP contribution in [0.5, 0.6) is 0 Å². The zero-order chi connectivity index (χ0) is 12.3. The van der Waals surface area contributed by atoms with Gasteiger partial charge in [0, 0.05) is 5.41 Å². The maximum Gasteiger partial charge on any atom is 0.325 e. The van der Waals surface area contributed by atoms with Crippen molar-refractivity contribution < 1.29 is 23.1 Å². The van der Waals surface area contributed by atoms with Crippen LogP contribution in [0.15, 0.2) is 11.5 Å². The van der Waals surface area contributed by atoms with Gasteiger partial charge >= 0.3 is 12.0 Å². The average Bonchev–Trinajstić information content (AvgIpc) is 2.44. The highest BCUT2D eigenvalue weighted by molar-refractivity contribution is 7.94. The van der Waals surface area contributed by atoms with Crippen LogP contribution in [0.1, 0.15) is 6.92 Å². The minimum atomic E-state index is -3.23. The van der Waals surface area contributed by atoms with Crippen molar-refractivity contribution in [3.8, 4) is 0 Å². The van der Waals surface area contributed by atoms with Gasteiger partial charge < -0.3 is 15.7 Å². The summed E-state index contributed by atoms with van der Waals surface area (Å²) in [7, 11) is -3.23. The third-order valence-electron chi connectivity index (χ3n) is 1.96. The summed E-state index contributed by atoms with van der Waals surface area (Å²) in [5, 5.41) is 14.0. The summed E-state index contributed by atoms with van der Waals surface area (Å²) in [6.45, 7) is 1.31. The molecule has 2 amide bonds. The molecule has 2 atom stereocenters. The molecule has 90 valence electrons. The standard InChI is InChI=1S/C8H12N2O5S/c1-5(7(11)12)9-8(13)10-6-2-3-16(14,15)4-6/h2-3,5-6H,4H2,1H3,(H,11,12)(H2,9,10,13)/t5-,6?/m0/s1. The molecule has 0 bridgehead atoms. The zero-order valence-electron chi connectivity index (χ0n) is 8.50. The van der Waals surface area contributed by atoms with E-state index in [1.807, 2.05) is 0 Å². The molecule has 7 nitrogen and oxygen atoms in total. The normalized spacial score (nSPS) is 23.7. The second-order valence-electron chi connectivity index (χ2n) is 3.44.